The largest absolute Gasteiger partial charge is 0.481 e. The molecule has 2 rings (SSSR count). The lowest BCUT2D eigenvalue weighted by molar-refractivity contribution is -0.141. The fraction of sp³-hybridized carbons (Fsp3) is 0.875. The Morgan fingerprint density at radius 3 is 3.00 bits per heavy atom. The van der Waals surface area contributed by atoms with Crippen LogP contribution in [0.4, 0.5) is 0 Å². The zero-order valence-corrected chi connectivity index (χ0v) is 6.49. The minimum atomic E-state index is -0.612. The molecular weight excluding hydrogens is 142 g/mol. The first-order chi connectivity index (χ1) is 5.27. The predicted molar refractivity (Wildman–Crippen MR) is 40.3 cm³/mol. The molecule has 0 aromatic rings. The maximum Gasteiger partial charge on any atom is 0.307 e. The lowest BCUT2D eigenvalue weighted by atomic mass is 10.0. The van der Waals surface area contributed by atoms with Crippen LogP contribution >= 0.6 is 0 Å². The van der Waals surface area contributed by atoms with Gasteiger partial charge in [0.25, 0.3) is 0 Å². The molecule has 2 aliphatic heterocycles. The van der Waals surface area contributed by atoms with Crippen molar-refractivity contribution in [1.82, 2.24) is 4.90 Å². The van der Waals surface area contributed by atoms with E-state index in [9.17, 15) is 4.79 Å². The molecule has 3 heteroatoms. The van der Waals surface area contributed by atoms with Crippen molar-refractivity contribution in [3.05, 3.63) is 0 Å². The highest BCUT2D eigenvalue weighted by molar-refractivity contribution is 5.70. The molecule has 0 aliphatic carbocycles. The van der Waals surface area contributed by atoms with Crippen molar-refractivity contribution in [2.24, 2.45) is 5.92 Å². The minimum Gasteiger partial charge on any atom is -0.481 e. The molecule has 0 radical (unpaired) electrons. The molecule has 0 bridgehead atoms. The number of hydrogen-bond donors (Lipinski definition) is 1. The second kappa shape index (κ2) is 2.48. The number of fused-ring (bicyclic) bond motifs is 1. The van der Waals surface area contributed by atoms with E-state index in [0.29, 0.717) is 6.04 Å². The summed E-state index contributed by atoms with van der Waals surface area (Å²) in [5.41, 5.74) is 0. The second-order valence-corrected chi connectivity index (χ2v) is 3.56. The van der Waals surface area contributed by atoms with Gasteiger partial charge in [-0.1, -0.05) is 0 Å². The van der Waals surface area contributed by atoms with E-state index in [1.165, 1.54) is 12.8 Å². The number of rotatable bonds is 1. The van der Waals surface area contributed by atoms with Crippen LogP contribution in [0.2, 0.25) is 0 Å². The smallest absolute Gasteiger partial charge is 0.307 e. The average Bonchev–Trinajstić information content (AvgIpc) is 2.40. The highest BCUT2D eigenvalue weighted by Crippen LogP contribution is 2.31. The Labute approximate surface area is 66.0 Å². The zero-order valence-electron chi connectivity index (χ0n) is 6.49. The third kappa shape index (κ3) is 1.13. The van der Waals surface area contributed by atoms with Crippen molar-refractivity contribution in [3.8, 4) is 0 Å². The van der Waals surface area contributed by atoms with Crippen molar-refractivity contribution >= 4 is 5.97 Å². The summed E-state index contributed by atoms with van der Waals surface area (Å²) in [5, 5.41) is 8.74. The first-order valence-corrected chi connectivity index (χ1v) is 4.24. The summed E-state index contributed by atoms with van der Waals surface area (Å²) in [6, 6.07) is 0.594. The highest BCUT2D eigenvalue weighted by Gasteiger charge is 2.38. The van der Waals surface area contributed by atoms with Crippen molar-refractivity contribution in [3.63, 3.8) is 0 Å². The molecule has 11 heavy (non-hydrogen) atoms. The molecular formula is C8H13NO2. The molecule has 0 spiro atoms. The van der Waals surface area contributed by atoms with Crippen LogP contribution in [-0.4, -0.2) is 35.1 Å². The van der Waals surface area contributed by atoms with Gasteiger partial charge in [0.2, 0.25) is 0 Å². The van der Waals surface area contributed by atoms with E-state index in [4.69, 9.17) is 5.11 Å². The van der Waals surface area contributed by atoms with E-state index in [1.807, 2.05) is 0 Å². The summed E-state index contributed by atoms with van der Waals surface area (Å²) in [4.78, 5) is 12.9. The fourth-order valence-electron chi connectivity index (χ4n) is 2.27. The zero-order chi connectivity index (χ0) is 7.84. The van der Waals surface area contributed by atoms with Gasteiger partial charge >= 0.3 is 5.97 Å². The van der Waals surface area contributed by atoms with Crippen LogP contribution in [0.15, 0.2) is 0 Å². The Kier molecular flexibility index (Phi) is 1.60. The standard InChI is InChI=1S/C8H13NO2/c10-8(11)6-4-7-2-1-3-9(7)5-6/h6-7H,1-5H2,(H,10,11)/t6-,7?/m0/s1. The number of carboxylic acid groups (broad SMARTS) is 1. The molecule has 0 aromatic carbocycles. The summed E-state index contributed by atoms with van der Waals surface area (Å²) >= 11 is 0. The van der Waals surface area contributed by atoms with Gasteiger partial charge in [-0.3, -0.25) is 9.69 Å². The van der Waals surface area contributed by atoms with Gasteiger partial charge in [0.05, 0.1) is 5.92 Å². The first kappa shape index (κ1) is 7.10. The van der Waals surface area contributed by atoms with Gasteiger partial charge in [0.1, 0.15) is 0 Å². The summed E-state index contributed by atoms with van der Waals surface area (Å²) in [5.74, 6) is -0.695. The van der Waals surface area contributed by atoms with E-state index in [-0.39, 0.29) is 5.92 Å². The summed E-state index contributed by atoms with van der Waals surface area (Å²) in [7, 11) is 0. The topological polar surface area (TPSA) is 40.5 Å². The van der Waals surface area contributed by atoms with E-state index in [2.05, 4.69) is 4.90 Å². The van der Waals surface area contributed by atoms with Crippen LogP contribution in [0.3, 0.4) is 0 Å². The van der Waals surface area contributed by atoms with Crippen LogP contribution in [0.25, 0.3) is 0 Å². The molecule has 0 saturated carbocycles. The molecule has 0 aromatic heterocycles. The number of hydrogen-bond acceptors (Lipinski definition) is 2. The molecule has 2 saturated heterocycles. The number of nitrogens with zero attached hydrogens (tertiary/aromatic N) is 1. The number of carboxylic acids is 1. The minimum absolute atomic E-state index is 0.0831. The monoisotopic (exact) mass is 155 g/mol. The van der Waals surface area contributed by atoms with Gasteiger partial charge in [-0.05, 0) is 25.8 Å². The van der Waals surface area contributed by atoms with Crippen LogP contribution in [0, 0.1) is 5.92 Å². The molecule has 0 amide bonds. The van der Waals surface area contributed by atoms with Crippen LogP contribution in [-0.2, 0) is 4.79 Å². The summed E-state index contributed by atoms with van der Waals surface area (Å²) in [6.07, 6.45) is 3.36. The van der Waals surface area contributed by atoms with E-state index >= 15 is 0 Å². The van der Waals surface area contributed by atoms with Crippen LogP contribution in [0.1, 0.15) is 19.3 Å². The number of carbonyl (C=O) groups is 1. The quantitative estimate of drug-likeness (QED) is 0.601. The molecule has 62 valence electrons. The molecule has 2 atom stereocenters. The lowest BCUT2D eigenvalue weighted by Crippen LogP contribution is -2.23. The Morgan fingerprint density at radius 2 is 2.36 bits per heavy atom. The van der Waals surface area contributed by atoms with Crippen molar-refractivity contribution in [2.45, 2.75) is 25.3 Å². The second-order valence-electron chi connectivity index (χ2n) is 3.56. The molecule has 1 unspecified atom stereocenters. The van der Waals surface area contributed by atoms with Gasteiger partial charge < -0.3 is 5.11 Å². The van der Waals surface area contributed by atoms with Gasteiger partial charge in [-0.15, -0.1) is 0 Å². The normalized spacial score (nSPS) is 37.5. The SMILES string of the molecule is O=C(O)[C@H]1CC2CCCN2C1. The Bertz CT molecular complexity index is 169. The van der Waals surface area contributed by atoms with E-state index in [1.54, 1.807) is 0 Å². The number of aliphatic carboxylic acids is 1. The van der Waals surface area contributed by atoms with Crippen molar-refractivity contribution in [1.29, 1.82) is 0 Å². The Morgan fingerprint density at radius 1 is 1.55 bits per heavy atom. The van der Waals surface area contributed by atoms with E-state index < -0.39 is 5.97 Å². The van der Waals surface area contributed by atoms with Gasteiger partial charge in [-0.25, -0.2) is 0 Å². The van der Waals surface area contributed by atoms with Gasteiger partial charge in [0.15, 0.2) is 0 Å². The molecule has 2 aliphatic rings. The highest BCUT2D eigenvalue weighted by atomic mass is 16.4. The van der Waals surface area contributed by atoms with Crippen LogP contribution in [0.5, 0.6) is 0 Å². The maximum atomic E-state index is 10.6. The fourth-order valence-corrected chi connectivity index (χ4v) is 2.27. The van der Waals surface area contributed by atoms with Gasteiger partial charge in [0, 0.05) is 12.6 Å². The Balaban J connectivity index is 1.99. The molecule has 2 heterocycles. The molecule has 3 nitrogen and oxygen atoms in total. The third-order valence-corrected chi connectivity index (χ3v) is 2.86. The third-order valence-electron chi connectivity index (χ3n) is 2.86. The maximum absolute atomic E-state index is 10.6. The lowest BCUT2D eigenvalue weighted by Gasteiger charge is -2.12. The average molecular weight is 155 g/mol. The Hall–Kier alpha value is -0.570. The van der Waals surface area contributed by atoms with Crippen molar-refractivity contribution < 1.29 is 9.90 Å². The molecule has 2 fully saturated rings. The summed E-state index contributed by atoms with van der Waals surface area (Å²) < 4.78 is 0. The van der Waals surface area contributed by atoms with Crippen molar-refractivity contribution in [2.75, 3.05) is 13.1 Å². The summed E-state index contributed by atoms with van der Waals surface area (Å²) in [6.45, 7) is 1.91. The van der Waals surface area contributed by atoms with E-state index in [0.717, 1.165) is 19.5 Å². The molecule has 1 N–H and O–H groups in total. The van der Waals surface area contributed by atoms with Gasteiger partial charge in [-0.2, -0.15) is 0 Å². The first-order valence-electron chi connectivity index (χ1n) is 4.24. The predicted octanol–water partition coefficient (Wildman–Crippen LogP) is 0.555. The van der Waals surface area contributed by atoms with Crippen LogP contribution < -0.4 is 0 Å².